The summed E-state index contributed by atoms with van der Waals surface area (Å²) in [5.74, 6) is -0.942. The standard InChI is InChI=1S/C12H12FN3O/c1-7-6-9(4-5-14-7)12(17)11-10(13)8(2)15-16(11)3/h4-6H,1-3H3. The molecule has 0 aromatic carbocycles. The maximum Gasteiger partial charge on any atom is 0.214 e. The lowest BCUT2D eigenvalue weighted by atomic mass is 10.1. The van der Waals surface area contributed by atoms with Crippen molar-refractivity contribution in [2.75, 3.05) is 0 Å². The van der Waals surface area contributed by atoms with E-state index in [1.54, 1.807) is 26.1 Å². The molecule has 2 rings (SSSR count). The van der Waals surface area contributed by atoms with Crippen LogP contribution < -0.4 is 0 Å². The van der Waals surface area contributed by atoms with Gasteiger partial charge in [0.25, 0.3) is 0 Å². The number of rotatable bonds is 2. The zero-order valence-electron chi connectivity index (χ0n) is 9.86. The van der Waals surface area contributed by atoms with Crippen LogP contribution in [-0.4, -0.2) is 20.5 Å². The molecule has 0 aliphatic carbocycles. The first-order valence-electron chi connectivity index (χ1n) is 5.17. The van der Waals surface area contributed by atoms with Gasteiger partial charge >= 0.3 is 0 Å². The van der Waals surface area contributed by atoms with Crippen LogP contribution in [0, 0.1) is 19.7 Å². The molecule has 88 valence electrons. The first-order chi connectivity index (χ1) is 8.00. The van der Waals surface area contributed by atoms with E-state index in [9.17, 15) is 9.18 Å². The number of carbonyl (C=O) groups is 1. The van der Waals surface area contributed by atoms with Crippen LogP contribution in [0.3, 0.4) is 0 Å². The fourth-order valence-corrected chi connectivity index (χ4v) is 1.70. The second-order valence-corrected chi connectivity index (χ2v) is 3.89. The molecule has 0 aliphatic heterocycles. The molecule has 0 spiro atoms. The van der Waals surface area contributed by atoms with Crippen LogP contribution in [0.2, 0.25) is 0 Å². The Bertz CT molecular complexity index is 589. The Morgan fingerprint density at radius 3 is 2.65 bits per heavy atom. The van der Waals surface area contributed by atoms with E-state index in [2.05, 4.69) is 10.1 Å². The summed E-state index contributed by atoms with van der Waals surface area (Å²) in [5, 5.41) is 3.88. The molecule has 0 radical (unpaired) electrons. The highest BCUT2D eigenvalue weighted by molar-refractivity contribution is 6.08. The smallest absolute Gasteiger partial charge is 0.214 e. The largest absolute Gasteiger partial charge is 0.287 e. The number of aryl methyl sites for hydroxylation is 3. The van der Waals surface area contributed by atoms with E-state index in [1.807, 2.05) is 0 Å². The molecule has 0 bridgehead atoms. The van der Waals surface area contributed by atoms with E-state index in [0.717, 1.165) is 5.69 Å². The fraction of sp³-hybridized carbons (Fsp3) is 0.250. The van der Waals surface area contributed by atoms with Crippen molar-refractivity contribution >= 4 is 5.78 Å². The monoisotopic (exact) mass is 233 g/mol. The highest BCUT2D eigenvalue weighted by atomic mass is 19.1. The highest BCUT2D eigenvalue weighted by Gasteiger charge is 2.21. The number of carbonyl (C=O) groups excluding carboxylic acids is 1. The van der Waals surface area contributed by atoms with Crippen molar-refractivity contribution in [2.24, 2.45) is 7.05 Å². The number of nitrogens with zero attached hydrogens (tertiary/aromatic N) is 3. The molecule has 0 amide bonds. The third kappa shape index (κ3) is 1.95. The van der Waals surface area contributed by atoms with Gasteiger partial charge in [-0.25, -0.2) is 4.39 Å². The number of aromatic nitrogens is 3. The molecule has 0 saturated heterocycles. The molecule has 0 unspecified atom stereocenters. The van der Waals surface area contributed by atoms with Crippen molar-refractivity contribution in [1.29, 1.82) is 0 Å². The van der Waals surface area contributed by atoms with E-state index in [1.165, 1.54) is 17.8 Å². The Kier molecular flexibility index (Phi) is 2.75. The molecule has 2 aromatic rings. The van der Waals surface area contributed by atoms with Crippen LogP contribution in [0.4, 0.5) is 4.39 Å². The van der Waals surface area contributed by atoms with Gasteiger partial charge in [0.1, 0.15) is 5.69 Å². The molecule has 0 atom stereocenters. The molecule has 0 fully saturated rings. The van der Waals surface area contributed by atoms with Gasteiger partial charge in [0.15, 0.2) is 5.82 Å². The minimum Gasteiger partial charge on any atom is -0.287 e. The molecular weight excluding hydrogens is 221 g/mol. The minimum absolute atomic E-state index is 0.0203. The normalized spacial score (nSPS) is 10.6. The SMILES string of the molecule is Cc1cc(C(=O)c2c(F)c(C)nn2C)ccn1. The molecule has 17 heavy (non-hydrogen) atoms. The van der Waals surface area contributed by atoms with E-state index in [0.29, 0.717) is 5.56 Å². The van der Waals surface area contributed by atoms with Crippen LogP contribution in [0.5, 0.6) is 0 Å². The van der Waals surface area contributed by atoms with E-state index in [4.69, 9.17) is 0 Å². The summed E-state index contributed by atoms with van der Waals surface area (Å²) in [4.78, 5) is 16.1. The zero-order chi connectivity index (χ0) is 12.6. The van der Waals surface area contributed by atoms with E-state index >= 15 is 0 Å². The van der Waals surface area contributed by atoms with Crippen LogP contribution in [0.25, 0.3) is 0 Å². The average Bonchev–Trinajstić information content (AvgIpc) is 2.52. The third-order valence-electron chi connectivity index (χ3n) is 2.52. The van der Waals surface area contributed by atoms with Gasteiger partial charge in [-0.1, -0.05) is 0 Å². The predicted octanol–water partition coefficient (Wildman–Crippen LogP) is 1.80. The van der Waals surface area contributed by atoms with E-state index in [-0.39, 0.29) is 17.2 Å². The predicted molar refractivity (Wildman–Crippen MR) is 60.3 cm³/mol. The summed E-state index contributed by atoms with van der Waals surface area (Å²) in [5.41, 5.74) is 1.34. The van der Waals surface area contributed by atoms with E-state index < -0.39 is 5.82 Å². The maximum absolute atomic E-state index is 13.7. The molecule has 0 saturated carbocycles. The topological polar surface area (TPSA) is 47.8 Å². The summed E-state index contributed by atoms with van der Waals surface area (Å²) in [7, 11) is 1.55. The number of pyridine rings is 1. The molecule has 0 N–H and O–H groups in total. The second kappa shape index (κ2) is 4.08. The molecule has 2 aromatic heterocycles. The van der Waals surface area contributed by atoms with Crippen molar-refractivity contribution in [1.82, 2.24) is 14.8 Å². The summed E-state index contributed by atoms with van der Waals surface area (Å²) >= 11 is 0. The first-order valence-corrected chi connectivity index (χ1v) is 5.17. The average molecular weight is 233 g/mol. The number of hydrogen-bond acceptors (Lipinski definition) is 3. The van der Waals surface area contributed by atoms with Crippen LogP contribution in [-0.2, 0) is 7.05 Å². The van der Waals surface area contributed by atoms with Crippen LogP contribution >= 0.6 is 0 Å². The van der Waals surface area contributed by atoms with Crippen LogP contribution in [0.15, 0.2) is 18.3 Å². The van der Waals surface area contributed by atoms with Gasteiger partial charge in [0, 0.05) is 24.5 Å². The summed E-state index contributed by atoms with van der Waals surface area (Å²) in [6.07, 6.45) is 1.53. The Labute approximate surface area is 98.1 Å². The van der Waals surface area contributed by atoms with Gasteiger partial charge in [-0.05, 0) is 26.0 Å². The fourth-order valence-electron chi connectivity index (χ4n) is 1.70. The second-order valence-electron chi connectivity index (χ2n) is 3.89. The van der Waals surface area contributed by atoms with Crippen LogP contribution in [0.1, 0.15) is 27.4 Å². The van der Waals surface area contributed by atoms with Crippen molar-refractivity contribution in [3.63, 3.8) is 0 Å². The zero-order valence-corrected chi connectivity index (χ0v) is 9.86. The maximum atomic E-state index is 13.7. The van der Waals surface area contributed by atoms with Crippen molar-refractivity contribution in [3.8, 4) is 0 Å². The molecule has 5 heteroatoms. The lowest BCUT2D eigenvalue weighted by Gasteiger charge is -2.02. The summed E-state index contributed by atoms with van der Waals surface area (Å²) in [6, 6.07) is 3.20. The van der Waals surface area contributed by atoms with Gasteiger partial charge in [-0.15, -0.1) is 0 Å². The summed E-state index contributed by atoms with van der Waals surface area (Å²) < 4.78 is 15.0. The molecule has 0 aliphatic rings. The number of halogens is 1. The Balaban J connectivity index is 2.51. The Morgan fingerprint density at radius 1 is 1.41 bits per heavy atom. The van der Waals surface area contributed by atoms with Gasteiger partial charge in [0.2, 0.25) is 5.78 Å². The van der Waals surface area contributed by atoms with Gasteiger partial charge in [0.05, 0.1) is 5.69 Å². The third-order valence-corrected chi connectivity index (χ3v) is 2.52. The van der Waals surface area contributed by atoms with Crippen molar-refractivity contribution in [2.45, 2.75) is 13.8 Å². The minimum atomic E-state index is -0.563. The summed E-state index contributed by atoms with van der Waals surface area (Å²) in [6.45, 7) is 3.31. The molecular formula is C12H12FN3O. The van der Waals surface area contributed by atoms with Gasteiger partial charge in [-0.3, -0.25) is 14.5 Å². The quantitative estimate of drug-likeness (QED) is 0.743. The van der Waals surface area contributed by atoms with Crippen molar-refractivity contribution < 1.29 is 9.18 Å². The lowest BCUT2D eigenvalue weighted by molar-refractivity contribution is 0.102. The number of hydrogen-bond donors (Lipinski definition) is 0. The van der Waals surface area contributed by atoms with Gasteiger partial charge in [-0.2, -0.15) is 5.10 Å². The molecule has 2 heterocycles. The van der Waals surface area contributed by atoms with Crippen molar-refractivity contribution in [3.05, 3.63) is 46.8 Å². The Hall–Kier alpha value is -2.04. The Morgan fingerprint density at radius 2 is 2.12 bits per heavy atom. The van der Waals surface area contributed by atoms with Gasteiger partial charge < -0.3 is 0 Å². The number of ketones is 1. The molecule has 4 nitrogen and oxygen atoms in total. The highest BCUT2D eigenvalue weighted by Crippen LogP contribution is 2.15. The lowest BCUT2D eigenvalue weighted by Crippen LogP contribution is -2.10. The first kappa shape index (κ1) is 11.4.